The topological polar surface area (TPSA) is 47.6 Å². The van der Waals surface area contributed by atoms with Crippen molar-refractivity contribution in [2.45, 2.75) is 0 Å². The molecule has 0 atom stereocenters. The molecule has 0 aliphatic carbocycles. The summed E-state index contributed by atoms with van der Waals surface area (Å²) in [6, 6.07) is 3.32. The van der Waals surface area contributed by atoms with Crippen LogP contribution in [0.1, 0.15) is 0 Å². The summed E-state index contributed by atoms with van der Waals surface area (Å²) >= 11 is 7.25. The summed E-state index contributed by atoms with van der Waals surface area (Å²) in [6.45, 7) is 0. The van der Waals surface area contributed by atoms with Crippen molar-refractivity contribution in [3.05, 3.63) is 9.81 Å². The van der Waals surface area contributed by atoms with Gasteiger partial charge in [0.05, 0.1) is 0 Å². The molecule has 0 amide bonds. The second kappa shape index (κ2) is 6.54. The summed E-state index contributed by atoms with van der Waals surface area (Å²) in [4.78, 5) is 0.103. The van der Waals surface area contributed by atoms with E-state index in [1.807, 2.05) is 0 Å². The van der Waals surface area contributed by atoms with Gasteiger partial charge in [0, 0.05) is 0 Å². The molecule has 0 saturated heterocycles. The van der Waals surface area contributed by atoms with E-state index in [-0.39, 0.29) is 39.4 Å². The van der Waals surface area contributed by atoms with Gasteiger partial charge < -0.3 is 0 Å². The van der Waals surface area contributed by atoms with E-state index < -0.39 is 0 Å². The van der Waals surface area contributed by atoms with Crippen LogP contribution in [-0.2, 0) is 0 Å². The standard InChI is InChI=1S/C4H2N2S2.Na.H/c5-1-3(7)4(8)2-6;;/h7-8H;;/b4-3+;;. The van der Waals surface area contributed by atoms with E-state index in [4.69, 9.17) is 10.5 Å². The molecule has 0 spiro atoms. The first-order chi connectivity index (χ1) is 3.72. The Balaban J connectivity index is 0. The first-order valence-electron chi connectivity index (χ1n) is 1.64. The molecular weight excluding hydrogens is 163 g/mol. The molecule has 2 nitrogen and oxygen atoms in total. The van der Waals surface area contributed by atoms with Crippen LogP contribution in [0.4, 0.5) is 0 Å². The fraction of sp³-hybridized carbons (Fsp3) is 0. The third-order valence-electron chi connectivity index (χ3n) is 0.436. The van der Waals surface area contributed by atoms with Crippen molar-refractivity contribution in [3.8, 4) is 12.1 Å². The molecule has 5 heteroatoms. The van der Waals surface area contributed by atoms with Crippen molar-refractivity contribution < 1.29 is 0 Å². The Morgan fingerprint density at radius 2 is 1.22 bits per heavy atom. The number of nitriles is 2. The number of hydrogen-bond acceptors (Lipinski definition) is 4. The zero-order chi connectivity index (χ0) is 6.57. The van der Waals surface area contributed by atoms with Gasteiger partial charge in [0.25, 0.3) is 0 Å². The van der Waals surface area contributed by atoms with E-state index in [2.05, 4.69) is 25.3 Å². The van der Waals surface area contributed by atoms with Gasteiger partial charge in [-0.1, -0.05) is 0 Å². The van der Waals surface area contributed by atoms with Gasteiger partial charge in [0.1, 0.15) is 21.9 Å². The zero-order valence-corrected chi connectivity index (χ0v) is 5.58. The van der Waals surface area contributed by atoms with Crippen molar-refractivity contribution in [2.24, 2.45) is 0 Å². The third-order valence-corrected chi connectivity index (χ3v) is 1.26. The van der Waals surface area contributed by atoms with Gasteiger partial charge in [0.2, 0.25) is 0 Å². The number of allylic oxidation sites excluding steroid dienone is 2. The van der Waals surface area contributed by atoms with Crippen LogP contribution in [0.3, 0.4) is 0 Å². The van der Waals surface area contributed by atoms with Gasteiger partial charge in [0.15, 0.2) is 0 Å². The average molecular weight is 166 g/mol. The number of rotatable bonds is 0. The maximum atomic E-state index is 8.05. The predicted molar refractivity (Wildman–Crippen MR) is 43.4 cm³/mol. The van der Waals surface area contributed by atoms with Crippen LogP contribution < -0.4 is 0 Å². The van der Waals surface area contributed by atoms with Crippen LogP contribution in [0.5, 0.6) is 0 Å². The molecule has 0 aromatic rings. The Morgan fingerprint density at radius 1 is 1.00 bits per heavy atom. The fourth-order valence-corrected chi connectivity index (χ4v) is 0.206. The maximum absolute atomic E-state index is 8.05. The van der Waals surface area contributed by atoms with Crippen molar-refractivity contribution in [1.82, 2.24) is 0 Å². The molecule has 0 unspecified atom stereocenters. The Labute approximate surface area is 86.7 Å². The molecule has 0 radical (unpaired) electrons. The van der Waals surface area contributed by atoms with Crippen LogP contribution in [0.25, 0.3) is 0 Å². The Hall–Kier alpha value is 0.420. The quantitative estimate of drug-likeness (QED) is 0.312. The summed E-state index contributed by atoms with van der Waals surface area (Å²) in [7, 11) is 0. The average Bonchev–Trinajstić information content (AvgIpc) is 1.84. The molecule has 42 valence electrons. The SMILES string of the molecule is N#C/C(S)=C(\S)C#N.[NaH]. The van der Waals surface area contributed by atoms with Gasteiger partial charge in [-0.25, -0.2) is 0 Å². The van der Waals surface area contributed by atoms with Crippen LogP contribution in [0.2, 0.25) is 0 Å². The van der Waals surface area contributed by atoms with Crippen LogP contribution in [-0.4, -0.2) is 29.6 Å². The minimum atomic E-state index is 0. The molecule has 0 aliphatic rings. The summed E-state index contributed by atoms with van der Waals surface area (Å²) in [5.41, 5.74) is 0. The molecule has 0 aromatic carbocycles. The second-order valence-electron chi connectivity index (χ2n) is 0.921. The van der Waals surface area contributed by atoms with Crippen molar-refractivity contribution in [2.75, 3.05) is 0 Å². The minimum absolute atomic E-state index is 0. The van der Waals surface area contributed by atoms with Crippen LogP contribution in [0.15, 0.2) is 9.81 Å². The Kier molecular flexibility index (Phi) is 8.81. The molecule has 9 heavy (non-hydrogen) atoms. The molecule has 0 N–H and O–H groups in total. The molecule has 0 heterocycles. The molecule has 0 saturated carbocycles. The fourth-order valence-electron chi connectivity index (χ4n) is 0.106. The Morgan fingerprint density at radius 3 is 1.33 bits per heavy atom. The summed E-state index contributed by atoms with van der Waals surface area (Å²) in [6.07, 6.45) is 0. The summed E-state index contributed by atoms with van der Waals surface area (Å²) in [5.74, 6) is 0. The van der Waals surface area contributed by atoms with Gasteiger partial charge in [-0.3, -0.25) is 0 Å². The van der Waals surface area contributed by atoms with E-state index >= 15 is 0 Å². The van der Waals surface area contributed by atoms with E-state index in [1.165, 1.54) is 0 Å². The molecule has 0 aliphatic heterocycles. The molecular formula is C4H3N2NaS2. The van der Waals surface area contributed by atoms with Gasteiger partial charge in [-0.05, 0) is 0 Å². The molecule has 0 aromatic heterocycles. The summed E-state index contributed by atoms with van der Waals surface area (Å²) < 4.78 is 0. The molecule has 0 bridgehead atoms. The Bertz CT molecular complexity index is 176. The predicted octanol–water partition coefficient (Wildman–Crippen LogP) is 0.456. The van der Waals surface area contributed by atoms with Gasteiger partial charge in [-0.15, -0.1) is 25.3 Å². The summed E-state index contributed by atoms with van der Waals surface area (Å²) in [5, 5.41) is 16.1. The molecule has 0 fully saturated rings. The van der Waals surface area contributed by atoms with Crippen molar-refractivity contribution >= 4 is 54.8 Å². The van der Waals surface area contributed by atoms with E-state index in [0.717, 1.165) is 0 Å². The van der Waals surface area contributed by atoms with E-state index in [1.54, 1.807) is 12.1 Å². The van der Waals surface area contributed by atoms with E-state index in [0.29, 0.717) is 0 Å². The van der Waals surface area contributed by atoms with Gasteiger partial charge in [-0.2, -0.15) is 10.5 Å². The van der Waals surface area contributed by atoms with Crippen molar-refractivity contribution in [1.29, 1.82) is 10.5 Å². The van der Waals surface area contributed by atoms with Crippen LogP contribution in [0, 0.1) is 22.7 Å². The monoisotopic (exact) mass is 166 g/mol. The van der Waals surface area contributed by atoms with Crippen LogP contribution >= 0.6 is 25.3 Å². The third kappa shape index (κ3) is 4.90. The van der Waals surface area contributed by atoms with E-state index in [9.17, 15) is 0 Å². The first-order valence-corrected chi connectivity index (χ1v) is 2.54. The van der Waals surface area contributed by atoms with Gasteiger partial charge >= 0.3 is 29.6 Å². The normalized spacial score (nSPS) is 9.78. The number of nitrogens with zero attached hydrogens (tertiary/aromatic N) is 2. The molecule has 0 rings (SSSR count). The first kappa shape index (κ1) is 12.1. The second-order valence-corrected chi connectivity index (χ2v) is 1.82. The zero-order valence-electron chi connectivity index (χ0n) is 3.79. The number of hydrogen-bond donors (Lipinski definition) is 2. The number of thiol groups is 2. The van der Waals surface area contributed by atoms with Crippen molar-refractivity contribution in [3.63, 3.8) is 0 Å².